The Bertz CT molecular complexity index is 1150. The molecule has 4 rings (SSSR count). The lowest BCUT2D eigenvalue weighted by Crippen LogP contribution is -2.29. The van der Waals surface area contributed by atoms with Crippen LogP contribution < -0.4 is 14.5 Å². The number of ketones is 1. The van der Waals surface area contributed by atoms with Gasteiger partial charge in [-0.15, -0.1) is 11.3 Å². The molecule has 2 aromatic carbocycles. The number of aliphatic hydroxyl groups is 1. The highest BCUT2D eigenvalue weighted by Gasteiger charge is 2.47. The second kappa shape index (κ2) is 8.28. The van der Waals surface area contributed by atoms with Crippen molar-refractivity contribution in [2.24, 2.45) is 0 Å². The van der Waals surface area contributed by atoms with Crippen LogP contribution in [-0.4, -0.2) is 38.0 Å². The lowest BCUT2D eigenvalue weighted by molar-refractivity contribution is -0.132. The molecule has 1 N–H and O–H groups in total. The molecule has 31 heavy (non-hydrogen) atoms. The molecule has 0 saturated carbocycles. The van der Waals surface area contributed by atoms with Crippen molar-refractivity contribution in [1.29, 1.82) is 0 Å². The normalized spacial score (nSPS) is 17.8. The van der Waals surface area contributed by atoms with Gasteiger partial charge < -0.3 is 14.7 Å². The van der Waals surface area contributed by atoms with Crippen LogP contribution in [0.5, 0.6) is 5.75 Å². The zero-order valence-corrected chi connectivity index (χ0v) is 18.2. The molecule has 1 aliphatic rings. The van der Waals surface area contributed by atoms with Gasteiger partial charge in [-0.1, -0.05) is 18.2 Å². The van der Waals surface area contributed by atoms with Crippen LogP contribution in [0.1, 0.15) is 16.5 Å². The van der Waals surface area contributed by atoms with E-state index in [1.807, 2.05) is 60.8 Å². The first-order valence-corrected chi connectivity index (χ1v) is 10.6. The highest BCUT2D eigenvalue weighted by molar-refractivity contribution is 7.10. The number of carbonyl (C=O) groups is 2. The molecule has 1 saturated heterocycles. The third kappa shape index (κ3) is 3.68. The Balaban J connectivity index is 1.87. The number of hydrogen-bond acceptors (Lipinski definition) is 6. The first-order chi connectivity index (χ1) is 14.9. The number of amides is 1. The molecule has 1 amide bonds. The Hall–Kier alpha value is -3.58. The van der Waals surface area contributed by atoms with Crippen molar-refractivity contribution in [1.82, 2.24) is 0 Å². The van der Waals surface area contributed by atoms with Crippen molar-refractivity contribution in [2.75, 3.05) is 31.0 Å². The zero-order valence-electron chi connectivity index (χ0n) is 17.4. The molecule has 0 bridgehead atoms. The maximum Gasteiger partial charge on any atom is 0.300 e. The maximum atomic E-state index is 13.1. The van der Waals surface area contributed by atoms with E-state index in [2.05, 4.69) is 0 Å². The van der Waals surface area contributed by atoms with Gasteiger partial charge in [-0.2, -0.15) is 0 Å². The van der Waals surface area contributed by atoms with Crippen molar-refractivity contribution in [3.05, 3.63) is 82.1 Å². The van der Waals surface area contributed by atoms with Gasteiger partial charge in [-0.05, 0) is 47.8 Å². The van der Waals surface area contributed by atoms with Crippen molar-refractivity contribution in [2.45, 2.75) is 6.04 Å². The van der Waals surface area contributed by atoms with E-state index < -0.39 is 17.7 Å². The number of ether oxygens (including phenoxy) is 1. The van der Waals surface area contributed by atoms with E-state index in [1.54, 1.807) is 24.3 Å². The number of methoxy groups -OCH3 is 1. The fourth-order valence-electron chi connectivity index (χ4n) is 3.65. The molecule has 7 heteroatoms. The molecule has 0 radical (unpaired) electrons. The van der Waals surface area contributed by atoms with Gasteiger partial charge in [0, 0.05) is 35.9 Å². The van der Waals surface area contributed by atoms with Gasteiger partial charge in [0.05, 0.1) is 12.7 Å². The second-order valence-corrected chi connectivity index (χ2v) is 8.31. The Morgan fingerprint density at radius 3 is 2.42 bits per heavy atom. The molecular weight excluding hydrogens is 412 g/mol. The molecule has 1 fully saturated rings. The van der Waals surface area contributed by atoms with E-state index in [4.69, 9.17) is 4.74 Å². The molecule has 0 aliphatic carbocycles. The van der Waals surface area contributed by atoms with Crippen LogP contribution >= 0.6 is 11.3 Å². The minimum atomic E-state index is -0.713. The number of hydrogen-bond donors (Lipinski definition) is 1. The Kier molecular flexibility index (Phi) is 5.52. The highest BCUT2D eigenvalue weighted by atomic mass is 32.1. The highest BCUT2D eigenvalue weighted by Crippen LogP contribution is 2.43. The predicted molar refractivity (Wildman–Crippen MR) is 123 cm³/mol. The number of carbonyl (C=O) groups excluding carboxylic acids is 2. The van der Waals surface area contributed by atoms with E-state index in [-0.39, 0.29) is 11.3 Å². The largest absolute Gasteiger partial charge is 0.507 e. The predicted octanol–water partition coefficient (Wildman–Crippen LogP) is 4.45. The fourth-order valence-corrected chi connectivity index (χ4v) is 4.48. The summed E-state index contributed by atoms with van der Waals surface area (Å²) in [5.74, 6) is -1.05. The summed E-state index contributed by atoms with van der Waals surface area (Å²) in [6.07, 6.45) is 0. The summed E-state index contributed by atoms with van der Waals surface area (Å²) in [5.41, 5.74) is 2.06. The summed E-state index contributed by atoms with van der Waals surface area (Å²) in [4.78, 5) is 30.4. The van der Waals surface area contributed by atoms with Crippen LogP contribution in [0.3, 0.4) is 0 Å². The fraction of sp³-hybridized carbons (Fsp3) is 0.167. The SMILES string of the molecule is COc1cccc(/C(O)=C2/C(=O)C(=O)N(c3ccc(N(C)C)cc3)C2c2cccs2)c1. The lowest BCUT2D eigenvalue weighted by Gasteiger charge is -2.25. The summed E-state index contributed by atoms with van der Waals surface area (Å²) >= 11 is 1.43. The summed E-state index contributed by atoms with van der Waals surface area (Å²) in [7, 11) is 5.39. The van der Waals surface area contributed by atoms with Crippen LogP contribution in [0.2, 0.25) is 0 Å². The molecule has 2 heterocycles. The van der Waals surface area contributed by atoms with E-state index in [0.29, 0.717) is 17.0 Å². The topological polar surface area (TPSA) is 70.1 Å². The second-order valence-electron chi connectivity index (χ2n) is 7.33. The monoisotopic (exact) mass is 434 g/mol. The zero-order chi connectivity index (χ0) is 22.1. The molecule has 1 aromatic heterocycles. The minimum absolute atomic E-state index is 0.0670. The third-order valence-corrected chi connectivity index (χ3v) is 6.17. The van der Waals surface area contributed by atoms with E-state index in [9.17, 15) is 14.7 Å². The van der Waals surface area contributed by atoms with Crippen LogP contribution in [0.25, 0.3) is 5.76 Å². The summed E-state index contributed by atoms with van der Waals surface area (Å²) in [6, 6.07) is 17.2. The van der Waals surface area contributed by atoms with Crippen LogP contribution in [0.15, 0.2) is 71.6 Å². The van der Waals surface area contributed by atoms with Gasteiger partial charge in [0.2, 0.25) is 0 Å². The standard InChI is InChI=1S/C24H22N2O4S/c1-25(2)16-9-11-17(12-10-16)26-21(19-8-5-13-31-19)20(23(28)24(26)29)22(27)15-6-4-7-18(14-15)30-3/h4-14,21,27H,1-3H3/b22-20-. The smallest absolute Gasteiger partial charge is 0.300 e. The van der Waals surface area contributed by atoms with Gasteiger partial charge >= 0.3 is 0 Å². The van der Waals surface area contributed by atoms with Crippen molar-refractivity contribution < 1.29 is 19.4 Å². The molecule has 3 aromatic rings. The number of anilines is 2. The summed E-state index contributed by atoms with van der Waals surface area (Å²) in [5, 5.41) is 13.0. The van der Waals surface area contributed by atoms with Gasteiger partial charge in [-0.3, -0.25) is 14.5 Å². The lowest BCUT2D eigenvalue weighted by atomic mass is 9.99. The number of nitrogens with zero attached hydrogens (tertiary/aromatic N) is 2. The molecular formula is C24H22N2O4S. The van der Waals surface area contributed by atoms with Crippen LogP contribution in [-0.2, 0) is 9.59 Å². The summed E-state index contributed by atoms with van der Waals surface area (Å²) in [6.45, 7) is 0. The van der Waals surface area contributed by atoms with E-state index >= 15 is 0 Å². The number of Topliss-reactive ketones (excluding diaryl/α,β-unsaturated/α-hetero) is 1. The number of benzene rings is 2. The van der Waals surface area contributed by atoms with Gasteiger partial charge in [0.15, 0.2) is 0 Å². The van der Waals surface area contributed by atoms with Crippen molar-refractivity contribution >= 4 is 40.2 Å². The first kappa shape index (κ1) is 20.7. The van der Waals surface area contributed by atoms with Crippen LogP contribution in [0, 0.1) is 0 Å². The minimum Gasteiger partial charge on any atom is -0.507 e. The Morgan fingerprint density at radius 1 is 1.06 bits per heavy atom. The van der Waals surface area contributed by atoms with Gasteiger partial charge in [0.25, 0.3) is 11.7 Å². The average molecular weight is 435 g/mol. The molecule has 158 valence electrons. The molecule has 0 spiro atoms. The number of aliphatic hydroxyl groups excluding tert-OH is 1. The molecule has 1 aliphatic heterocycles. The number of thiophene rings is 1. The Labute approximate surface area is 184 Å². The quantitative estimate of drug-likeness (QED) is 0.365. The van der Waals surface area contributed by atoms with Crippen molar-refractivity contribution in [3.8, 4) is 5.75 Å². The third-order valence-electron chi connectivity index (χ3n) is 5.24. The van der Waals surface area contributed by atoms with E-state index in [0.717, 1.165) is 10.6 Å². The average Bonchev–Trinajstić information content (AvgIpc) is 3.40. The molecule has 1 atom stereocenters. The molecule has 1 unspecified atom stereocenters. The maximum absolute atomic E-state index is 13.1. The van der Waals surface area contributed by atoms with Gasteiger partial charge in [-0.25, -0.2) is 0 Å². The first-order valence-electron chi connectivity index (χ1n) is 9.68. The number of rotatable bonds is 5. The van der Waals surface area contributed by atoms with E-state index in [1.165, 1.54) is 23.3 Å². The van der Waals surface area contributed by atoms with Crippen LogP contribution in [0.4, 0.5) is 11.4 Å². The Morgan fingerprint density at radius 2 is 1.81 bits per heavy atom. The molecule has 6 nitrogen and oxygen atoms in total. The van der Waals surface area contributed by atoms with Gasteiger partial charge in [0.1, 0.15) is 17.6 Å². The van der Waals surface area contributed by atoms with Crippen molar-refractivity contribution in [3.63, 3.8) is 0 Å². The summed E-state index contributed by atoms with van der Waals surface area (Å²) < 4.78 is 5.24.